The maximum atomic E-state index is 6.64. The molecule has 4 heteroatoms. The van der Waals surface area contributed by atoms with Gasteiger partial charge >= 0.3 is 0 Å². The molecule has 1 fully saturated rings. The van der Waals surface area contributed by atoms with Crippen LogP contribution in [0.1, 0.15) is 29.8 Å². The molecule has 2 aliphatic rings. The largest absolute Gasteiger partial charge is 0.493 e. The van der Waals surface area contributed by atoms with Gasteiger partial charge in [-0.2, -0.15) is 0 Å². The molecule has 0 bridgehead atoms. The van der Waals surface area contributed by atoms with Crippen molar-refractivity contribution in [1.82, 2.24) is 0 Å². The van der Waals surface area contributed by atoms with E-state index in [1.165, 1.54) is 5.56 Å². The smallest absolute Gasteiger partial charge is 0.127 e. The second-order valence-electron chi connectivity index (χ2n) is 5.08. The number of hydrogen-bond acceptors (Lipinski definition) is 2. The maximum Gasteiger partial charge on any atom is 0.127 e. The molecular weight excluding hydrogens is 316 g/mol. The minimum atomic E-state index is -0.133. The third-order valence-corrected chi connectivity index (χ3v) is 4.75. The Balaban J connectivity index is 1.96. The van der Waals surface area contributed by atoms with E-state index in [2.05, 4.69) is 35.0 Å². The number of halogens is 2. The van der Waals surface area contributed by atoms with Gasteiger partial charge in [-0.25, -0.2) is 0 Å². The third kappa shape index (κ3) is 2.17. The lowest BCUT2D eigenvalue weighted by atomic mass is 9.95. The number of ether oxygens (including phenoxy) is 2. The van der Waals surface area contributed by atoms with Crippen molar-refractivity contribution in [3.05, 3.63) is 27.7 Å². The van der Waals surface area contributed by atoms with Gasteiger partial charge in [0.2, 0.25) is 0 Å². The monoisotopic (exact) mass is 330 g/mol. The summed E-state index contributed by atoms with van der Waals surface area (Å²) in [5, 5.41) is -0.133. The molecule has 0 saturated carbocycles. The van der Waals surface area contributed by atoms with Crippen LogP contribution in [0, 0.1) is 5.92 Å². The fourth-order valence-electron chi connectivity index (χ4n) is 2.77. The van der Waals surface area contributed by atoms with E-state index in [9.17, 15) is 0 Å². The van der Waals surface area contributed by atoms with E-state index in [-0.39, 0.29) is 11.5 Å². The summed E-state index contributed by atoms with van der Waals surface area (Å²) in [6.07, 6.45) is 2.14. The zero-order valence-corrected chi connectivity index (χ0v) is 12.6. The Morgan fingerprint density at radius 2 is 2.22 bits per heavy atom. The average molecular weight is 332 g/mol. The highest BCUT2D eigenvalue weighted by atomic mass is 79.9. The van der Waals surface area contributed by atoms with Gasteiger partial charge < -0.3 is 9.47 Å². The molecule has 3 rings (SSSR count). The van der Waals surface area contributed by atoms with Crippen LogP contribution in [0.4, 0.5) is 0 Å². The first-order valence-electron chi connectivity index (χ1n) is 6.37. The Morgan fingerprint density at radius 3 is 2.94 bits per heavy atom. The van der Waals surface area contributed by atoms with Crippen LogP contribution in [-0.2, 0) is 11.2 Å². The first-order chi connectivity index (χ1) is 8.66. The first kappa shape index (κ1) is 12.8. The van der Waals surface area contributed by atoms with Gasteiger partial charge in [-0.1, -0.05) is 22.9 Å². The van der Waals surface area contributed by atoms with Gasteiger partial charge in [-0.15, -0.1) is 11.6 Å². The Labute approximate surface area is 121 Å². The standard InChI is InChI=1S/C14H16BrClO2/c1-8-2-4-17-13(8)12(16)11-7-10(15)6-9-3-5-18-14(9)11/h6-8,12-13H,2-5H2,1H3. The summed E-state index contributed by atoms with van der Waals surface area (Å²) in [5.74, 6) is 1.48. The number of hydrogen-bond donors (Lipinski definition) is 0. The normalized spacial score (nSPS) is 27.9. The second kappa shape index (κ2) is 5.03. The van der Waals surface area contributed by atoms with Crippen molar-refractivity contribution >= 4 is 27.5 Å². The number of rotatable bonds is 2. The summed E-state index contributed by atoms with van der Waals surface area (Å²) in [5.41, 5.74) is 2.31. The summed E-state index contributed by atoms with van der Waals surface area (Å²) in [6, 6.07) is 4.19. The van der Waals surface area contributed by atoms with E-state index < -0.39 is 0 Å². The van der Waals surface area contributed by atoms with Crippen LogP contribution in [0.3, 0.4) is 0 Å². The molecule has 0 aromatic heterocycles. The highest BCUT2D eigenvalue weighted by Crippen LogP contribution is 2.43. The zero-order valence-electron chi connectivity index (χ0n) is 10.3. The van der Waals surface area contributed by atoms with Crippen LogP contribution in [-0.4, -0.2) is 19.3 Å². The van der Waals surface area contributed by atoms with Gasteiger partial charge in [-0.3, -0.25) is 0 Å². The summed E-state index contributed by atoms with van der Waals surface area (Å²) in [7, 11) is 0. The van der Waals surface area contributed by atoms with E-state index in [0.29, 0.717) is 5.92 Å². The lowest BCUT2D eigenvalue weighted by molar-refractivity contribution is 0.0897. The molecule has 1 aromatic rings. The van der Waals surface area contributed by atoms with Crippen molar-refractivity contribution < 1.29 is 9.47 Å². The average Bonchev–Trinajstić information content (AvgIpc) is 2.95. The predicted molar refractivity (Wildman–Crippen MR) is 75.5 cm³/mol. The molecule has 0 N–H and O–H groups in total. The topological polar surface area (TPSA) is 18.5 Å². The molecule has 3 unspecified atom stereocenters. The Kier molecular flexibility index (Phi) is 3.57. The molecule has 98 valence electrons. The van der Waals surface area contributed by atoms with Gasteiger partial charge in [0, 0.05) is 23.1 Å². The van der Waals surface area contributed by atoms with Crippen molar-refractivity contribution in [3.63, 3.8) is 0 Å². The minimum absolute atomic E-state index is 0.0919. The van der Waals surface area contributed by atoms with Gasteiger partial charge in [0.25, 0.3) is 0 Å². The zero-order chi connectivity index (χ0) is 12.7. The molecule has 0 aliphatic carbocycles. The first-order valence-corrected chi connectivity index (χ1v) is 7.60. The third-order valence-electron chi connectivity index (χ3n) is 3.81. The van der Waals surface area contributed by atoms with Crippen molar-refractivity contribution in [2.45, 2.75) is 31.2 Å². The van der Waals surface area contributed by atoms with Crippen molar-refractivity contribution in [3.8, 4) is 5.75 Å². The fourth-order valence-corrected chi connectivity index (χ4v) is 3.78. The fraction of sp³-hybridized carbons (Fsp3) is 0.571. The summed E-state index contributed by atoms with van der Waals surface area (Å²) in [4.78, 5) is 0. The molecule has 0 radical (unpaired) electrons. The van der Waals surface area contributed by atoms with E-state index in [1.807, 2.05) is 0 Å². The number of fused-ring (bicyclic) bond motifs is 1. The Morgan fingerprint density at radius 1 is 1.39 bits per heavy atom. The van der Waals surface area contributed by atoms with Gasteiger partial charge in [0.05, 0.1) is 18.1 Å². The van der Waals surface area contributed by atoms with E-state index in [0.717, 1.165) is 41.8 Å². The summed E-state index contributed by atoms with van der Waals surface area (Å²) >= 11 is 10.2. The molecule has 2 aliphatic heterocycles. The highest BCUT2D eigenvalue weighted by Gasteiger charge is 2.34. The van der Waals surface area contributed by atoms with Crippen LogP contribution in [0.5, 0.6) is 5.75 Å². The minimum Gasteiger partial charge on any atom is -0.493 e. The molecule has 18 heavy (non-hydrogen) atoms. The van der Waals surface area contributed by atoms with E-state index in [1.54, 1.807) is 0 Å². The van der Waals surface area contributed by atoms with E-state index in [4.69, 9.17) is 21.1 Å². The summed E-state index contributed by atoms with van der Waals surface area (Å²) in [6.45, 7) is 3.77. The van der Waals surface area contributed by atoms with Gasteiger partial charge in [0.1, 0.15) is 5.75 Å². The maximum absolute atomic E-state index is 6.64. The SMILES string of the molecule is CC1CCOC1C(Cl)c1cc(Br)cc2c1OCC2. The van der Waals surface area contributed by atoms with Crippen molar-refractivity contribution in [1.29, 1.82) is 0 Å². The molecule has 3 atom stereocenters. The number of benzene rings is 1. The van der Waals surface area contributed by atoms with Crippen LogP contribution < -0.4 is 4.74 Å². The van der Waals surface area contributed by atoms with E-state index >= 15 is 0 Å². The van der Waals surface area contributed by atoms with Crippen molar-refractivity contribution in [2.75, 3.05) is 13.2 Å². The van der Waals surface area contributed by atoms with Crippen LogP contribution >= 0.6 is 27.5 Å². The second-order valence-corrected chi connectivity index (χ2v) is 6.47. The molecule has 1 saturated heterocycles. The Bertz CT molecular complexity index is 463. The molecule has 0 amide bonds. The molecule has 1 aromatic carbocycles. The lowest BCUT2D eigenvalue weighted by Gasteiger charge is -2.22. The highest BCUT2D eigenvalue weighted by molar-refractivity contribution is 9.10. The molecule has 2 heterocycles. The quantitative estimate of drug-likeness (QED) is 0.760. The Hall–Kier alpha value is -0.250. The van der Waals surface area contributed by atoms with Gasteiger partial charge in [0.15, 0.2) is 0 Å². The molecular formula is C14H16BrClO2. The van der Waals surface area contributed by atoms with Crippen LogP contribution in [0.15, 0.2) is 16.6 Å². The van der Waals surface area contributed by atoms with Crippen LogP contribution in [0.25, 0.3) is 0 Å². The van der Waals surface area contributed by atoms with Crippen LogP contribution in [0.2, 0.25) is 0 Å². The predicted octanol–water partition coefficient (Wildman–Crippen LogP) is 4.09. The molecule has 2 nitrogen and oxygen atoms in total. The number of alkyl halides is 1. The summed E-state index contributed by atoms with van der Waals surface area (Å²) < 4.78 is 12.6. The lowest BCUT2D eigenvalue weighted by Crippen LogP contribution is -2.20. The van der Waals surface area contributed by atoms with Gasteiger partial charge in [-0.05, 0) is 30.0 Å². The molecule has 0 spiro atoms. The van der Waals surface area contributed by atoms with Crippen molar-refractivity contribution in [2.24, 2.45) is 5.92 Å².